The molecule has 106 valence electrons. The predicted molar refractivity (Wildman–Crippen MR) is 73.3 cm³/mol. The second-order valence-electron chi connectivity index (χ2n) is 4.68. The van der Waals surface area contributed by atoms with Crippen LogP contribution in [0.4, 0.5) is 8.78 Å². The van der Waals surface area contributed by atoms with Gasteiger partial charge in [-0.15, -0.1) is 0 Å². The van der Waals surface area contributed by atoms with Gasteiger partial charge >= 0.3 is 0 Å². The zero-order chi connectivity index (χ0) is 14.5. The maximum absolute atomic E-state index is 14.1. The minimum atomic E-state index is -0.564. The van der Waals surface area contributed by atoms with Crippen LogP contribution < -0.4 is 5.32 Å². The van der Waals surface area contributed by atoms with Crippen LogP contribution in [0.5, 0.6) is 0 Å². The molecule has 5 heteroatoms. The van der Waals surface area contributed by atoms with E-state index in [2.05, 4.69) is 15.3 Å². The number of nitrogens with one attached hydrogen (secondary N) is 1. The van der Waals surface area contributed by atoms with E-state index in [9.17, 15) is 8.78 Å². The highest BCUT2D eigenvalue weighted by molar-refractivity contribution is 5.34. The van der Waals surface area contributed by atoms with Crippen LogP contribution >= 0.6 is 0 Å². The first-order chi connectivity index (χ1) is 9.63. The van der Waals surface area contributed by atoms with E-state index < -0.39 is 11.6 Å². The van der Waals surface area contributed by atoms with Crippen LogP contribution in [0.25, 0.3) is 0 Å². The number of halogens is 2. The topological polar surface area (TPSA) is 37.8 Å². The molecule has 1 aromatic heterocycles. The number of hydrogen-bond acceptors (Lipinski definition) is 3. The number of hydrogen-bond donors (Lipinski definition) is 1. The molecule has 0 fully saturated rings. The molecule has 0 saturated carbocycles. The van der Waals surface area contributed by atoms with Gasteiger partial charge in [0, 0.05) is 29.6 Å². The molecule has 0 bridgehead atoms. The van der Waals surface area contributed by atoms with Gasteiger partial charge in [-0.25, -0.2) is 18.7 Å². The fourth-order valence-corrected chi connectivity index (χ4v) is 2.06. The standard InChI is InChI=1S/C15H17F2N3/c1-3-4-20-15(11-7-18-9-19-8-11)12-5-10(2)13(16)6-14(12)17/h5-9,15,20H,3-4H2,1-2H3. The van der Waals surface area contributed by atoms with Crippen molar-refractivity contribution in [1.82, 2.24) is 15.3 Å². The largest absolute Gasteiger partial charge is 0.306 e. The van der Waals surface area contributed by atoms with Crippen LogP contribution in [-0.2, 0) is 0 Å². The summed E-state index contributed by atoms with van der Waals surface area (Å²) in [6, 6.07) is 2.08. The molecule has 1 aromatic carbocycles. The van der Waals surface area contributed by atoms with Gasteiger partial charge in [-0.1, -0.05) is 6.92 Å². The Labute approximate surface area is 117 Å². The fraction of sp³-hybridized carbons (Fsp3) is 0.333. The van der Waals surface area contributed by atoms with Crippen molar-refractivity contribution in [1.29, 1.82) is 0 Å². The minimum Gasteiger partial charge on any atom is -0.306 e. The Morgan fingerprint density at radius 2 is 1.85 bits per heavy atom. The lowest BCUT2D eigenvalue weighted by Gasteiger charge is -2.20. The van der Waals surface area contributed by atoms with Gasteiger partial charge in [0.1, 0.15) is 18.0 Å². The predicted octanol–water partition coefficient (Wildman–Crippen LogP) is 3.15. The number of aryl methyl sites for hydroxylation is 1. The summed E-state index contributed by atoms with van der Waals surface area (Å²) in [4.78, 5) is 7.92. The molecule has 0 saturated heterocycles. The first kappa shape index (κ1) is 14.5. The number of rotatable bonds is 5. The van der Waals surface area contributed by atoms with E-state index in [0.29, 0.717) is 11.1 Å². The monoisotopic (exact) mass is 277 g/mol. The highest BCUT2D eigenvalue weighted by atomic mass is 19.1. The fourth-order valence-electron chi connectivity index (χ4n) is 2.06. The highest BCUT2D eigenvalue weighted by Gasteiger charge is 2.19. The maximum atomic E-state index is 14.1. The maximum Gasteiger partial charge on any atom is 0.131 e. The summed E-state index contributed by atoms with van der Waals surface area (Å²) in [7, 11) is 0. The zero-order valence-corrected chi connectivity index (χ0v) is 11.5. The van der Waals surface area contributed by atoms with Crippen LogP contribution in [0.2, 0.25) is 0 Å². The molecule has 20 heavy (non-hydrogen) atoms. The third kappa shape index (κ3) is 3.17. The zero-order valence-electron chi connectivity index (χ0n) is 11.5. The van der Waals surface area contributed by atoms with E-state index in [-0.39, 0.29) is 6.04 Å². The first-order valence-electron chi connectivity index (χ1n) is 6.57. The average Bonchev–Trinajstić information content (AvgIpc) is 2.45. The second-order valence-corrected chi connectivity index (χ2v) is 4.68. The summed E-state index contributed by atoms with van der Waals surface area (Å²) in [5, 5.41) is 3.25. The molecule has 1 unspecified atom stereocenters. The lowest BCUT2D eigenvalue weighted by Crippen LogP contribution is -2.24. The van der Waals surface area contributed by atoms with E-state index in [0.717, 1.165) is 24.6 Å². The van der Waals surface area contributed by atoms with Crippen molar-refractivity contribution in [3.05, 3.63) is 59.2 Å². The molecule has 1 atom stereocenters. The highest BCUT2D eigenvalue weighted by Crippen LogP contribution is 2.25. The van der Waals surface area contributed by atoms with E-state index in [1.165, 1.54) is 12.4 Å². The molecule has 3 nitrogen and oxygen atoms in total. The first-order valence-corrected chi connectivity index (χ1v) is 6.57. The van der Waals surface area contributed by atoms with Gasteiger partial charge in [0.2, 0.25) is 0 Å². The SMILES string of the molecule is CCCNC(c1cncnc1)c1cc(C)c(F)cc1F. The van der Waals surface area contributed by atoms with Crippen LogP contribution in [0.1, 0.15) is 36.1 Å². The molecule has 0 aliphatic rings. The smallest absolute Gasteiger partial charge is 0.131 e. The van der Waals surface area contributed by atoms with Crippen LogP contribution in [0, 0.1) is 18.6 Å². The van der Waals surface area contributed by atoms with Gasteiger partial charge in [-0.05, 0) is 31.5 Å². The summed E-state index contributed by atoms with van der Waals surface area (Å²) in [6.07, 6.45) is 5.61. The summed E-state index contributed by atoms with van der Waals surface area (Å²) in [5.41, 5.74) is 1.58. The van der Waals surface area contributed by atoms with Gasteiger partial charge < -0.3 is 5.32 Å². The van der Waals surface area contributed by atoms with Crippen molar-refractivity contribution in [2.24, 2.45) is 0 Å². The van der Waals surface area contributed by atoms with Crippen molar-refractivity contribution >= 4 is 0 Å². The van der Waals surface area contributed by atoms with Gasteiger partial charge in [-0.2, -0.15) is 0 Å². The minimum absolute atomic E-state index is 0.379. The molecule has 0 radical (unpaired) electrons. The van der Waals surface area contributed by atoms with E-state index in [1.807, 2.05) is 6.92 Å². The van der Waals surface area contributed by atoms with Gasteiger partial charge in [0.15, 0.2) is 0 Å². The molecule has 0 amide bonds. The Morgan fingerprint density at radius 3 is 2.50 bits per heavy atom. The van der Waals surface area contributed by atoms with Gasteiger partial charge in [0.05, 0.1) is 6.04 Å². The average molecular weight is 277 g/mol. The molecular formula is C15H17F2N3. The van der Waals surface area contributed by atoms with Crippen LogP contribution in [0.3, 0.4) is 0 Å². The summed E-state index contributed by atoms with van der Waals surface area (Å²) in [5.74, 6) is -1.10. The summed E-state index contributed by atoms with van der Waals surface area (Å²) in [6.45, 7) is 4.36. The van der Waals surface area contributed by atoms with Crippen molar-refractivity contribution in [3.8, 4) is 0 Å². The van der Waals surface area contributed by atoms with Crippen molar-refractivity contribution in [3.63, 3.8) is 0 Å². The lowest BCUT2D eigenvalue weighted by molar-refractivity contribution is 0.528. The van der Waals surface area contributed by atoms with Crippen LogP contribution in [-0.4, -0.2) is 16.5 Å². The van der Waals surface area contributed by atoms with E-state index in [1.54, 1.807) is 19.3 Å². The molecule has 1 N–H and O–H groups in total. The van der Waals surface area contributed by atoms with Gasteiger partial charge in [0.25, 0.3) is 0 Å². The Morgan fingerprint density at radius 1 is 1.15 bits per heavy atom. The molecule has 0 spiro atoms. The Bertz CT molecular complexity index is 573. The van der Waals surface area contributed by atoms with E-state index in [4.69, 9.17) is 0 Å². The van der Waals surface area contributed by atoms with Crippen molar-refractivity contribution in [2.75, 3.05) is 6.54 Å². The quantitative estimate of drug-likeness (QED) is 0.912. The Kier molecular flexibility index (Phi) is 4.74. The Hall–Kier alpha value is -1.88. The van der Waals surface area contributed by atoms with Crippen LogP contribution in [0.15, 0.2) is 30.9 Å². The molecule has 0 aliphatic heterocycles. The normalized spacial score (nSPS) is 12.4. The molecule has 1 heterocycles. The molecular weight excluding hydrogens is 260 g/mol. The molecule has 0 aliphatic carbocycles. The lowest BCUT2D eigenvalue weighted by atomic mass is 9.98. The van der Waals surface area contributed by atoms with Crippen molar-refractivity contribution < 1.29 is 8.78 Å². The summed E-state index contributed by atoms with van der Waals surface area (Å²) >= 11 is 0. The third-order valence-electron chi connectivity index (χ3n) is 3.10. The second kappa shape index (κ2) is 6.52. The van der Waals surface area contributed by atoms with Gasteiger partial charge in [-0.3, -0.25) is 0 Å². The Balaban J connectivity index is 2.44. The third-order valence-corrected chi connectivity index (χ3v) is 3.10. The van der Waals surface area contributed by atoms with E-state index >= 15 is 0 Å². The number of benzene rings is 1. The molecule has 2 rings (SSSR count). The summed E-state index contributed by atoms with van der Waals surface area (Å²) < 4.78 is 27.5. The molecule has 2 aromatic rings. The number of aromatic nitrogens is 2. The number of nitrogens with zero attached hydrogens (tertiary/aromatic N) is 2. The van der Waals surface area contributed by atoms with Crippen molar-refractivity contribution in [2.45, 2.75) is 26.3 Å².